The van der Waals surface area contributed by atoms with E-state index in [9.17, 15) is 13.2 Å². The average molecular weight is 219 g/mol. The highest BCUT2D eigenvalue weighted by molar-refractivity contribution is 7.90. The molecule has 0 heterocycles. The van der Waals surface area contributed by atoms with Gasteiger partial charge in [-0.2, -0.15) is 4.31 Å². The molecule has 1 unspecified atom stereocenters. The summed E-state index contributed by atoms with van der Waals surface area (Å²) in [5, 5.41) is -1.23. The second-order valence-corrected chi connectivity index (χ2v) is 5.03. The molecule has 0 aliphatic carbocycles. The quantitative estimate of drug-likeness (QED) is 0.470. The van der Waals surface area contributed by atoms with E-state index >= 15 is 0 Å². The van der Waals surface area contributed by atoms with Crippen LogP contribution in [0.2, 0.25) is 0 Å². The Labute approximate surface area is 84.1 Å². The van der Waals surface area contributed by atoms with Crippen molar-refractivity contribution < 1.29 is 17.9 Å². The molecule has 0 aromatic carbocycles. The highest BCUT2D eigenvalue weighted by Crippen LogP contribution is 2.07. The molecule has 0 bridgehead atoms. The second kappa shape index (κ2) is 4.98. The number of methoxy groups -OCH3 is 1. The van der Waals surface area contributed by atoms with Crippen molar-refractivity contribution in [2.75, 3.05) is 20.7 Å². The topological polar surface area (TPSA) is 63.7 Å². The fourth-order valence-electron chi connectivity index (χ4n) is 0.776. The van der Waals surface area contributed by atoms with Crippen LogP contribution in [0.3, 0.4) is 0 Å². The van der Waals surface area contributed by atoms with Gasteiger partial charge in [0, 0.05) is 7.05 Å². The standard InChI is InChI=1S/C8H13NO4S/c1-5-6-9(3)14(11,12)7(2)8(10)13-4/h1,7H,6H2,2-4H3. The molecule has 0 aromatic heterocycles. The number of hydrogen-bond acceptors (Lipinski definition) is 4. The predicted molar refractivity (Wildman–Crippen MR) is 51.9 cm³/mol. The van der Waals surface area contributed by atoms with Crippen LogP contribution in [-0.4, -0.2) is 44.6 Å². The van der Waals surface area contributed by atoms with Crippen molar-refractivity contribution >= 4 is 16.0 Å². The first-order valence-electron chi connectivity index (χ1n) is 3.84. The smallest absolute Gasteiger partial charge is 0.325 e. The molecule has 0 rings (SSSR count). The van der Waals surface area contributed by atoms with Crippen molar-refractivity contribution in [3.63, 3.8) is 0 Å². The molecule has 6 heteroatoms. The van der Waals surface area contributed by atoms with Crippen LogP contribution in [0.15, 0.2) is 0 Å². The van der Waals surface area contributed by atoms with E-state index in [0.717, 1.165) is 11.4 Å². The number of nitrogens with zero attached hydrogens (tertiary/aromatic N) is 1. The lowest BCUT2D eigenvalue weighted by Gasteiger charge is -2.18. The average Bonchev–Trinajstić information content (AvgIpc) is 2.15. The normalized spacial score (nSPS) is 13.4. The molecule has 14 heavy (non-hydrogen) atoms. The second-order valence-electron chi connectivity index (χ2n) is 2.67. The van der Waals surface area contributed by atoms with Crippen molar-refractivity contribution in [3.8, 4) is 12.3 Å². The minimum absolute atomic E-state index is 0.0658. The molecule has 0 aliphatic rings. The van der Waals surface area contributed by atoms with Crippen LogP contribution in [0.1, 0.15) is 6.92 Å². The summed E-state index contributed by atoms with van der Waals surface area (Å²) >= 11 is 0. The van der Waals surface area contributed by atoms with Crippen LogP contribution in [0.25, 0.3) is 0 Å². The van der Waals surface area contributed by atoms with Gasteiger partial charge in [-0.3, -0.25) is 4.79 Å². The zero-order chi connectivity index (χ0) is 11.4. The molecule has 0 saturated carbocycles. The Morgan fingerprint density at radius 2 is 2.14 bits per heavy atom. The molecule has 0 radical (unpaired) electrons. The third-order valence-corrected chi connectivity index (χ3v) is 3.81. The maximum absolute atomic E-state index is 11.6. The van der Waals surface area contributed by atoms with Crippen LogP contribution < -0.4 is 0 Å². The SMILES string of the molecule is C#CCN(C)S(=O)(=O)C(C)C(=O)OC. The molecule has 5 nitrogen and oxygen atoms in total. The third kappa shape index (κ3) is 2.72. The lowest BCUT2D eigenvalue weighted by atomic mass is 10.5. The van der Waals surface area contributed by atoms with E-state index in [-0.39, 0.29) is 6.54 Å². The Kier molecular flexibility index (Phi) is 4.60. The summed E-state index contributed by atoms with van der Waals surface area (Å²) in [7, 11) is -1.25. The van der Waals surface area contributed by atoms with E-state index in [0.29, 0.717) is 0 Å². The van der Waals surface area contributed by atoms with Crippen molar-refractivity contribution in [2.45, 2.75) is 12.2 Å². The molecule has 0 aromatic rings. The molecular weight excluding hydrogens is 206 g/mol. The van der Waals surface area contributed by atoms with Gasteiger partial charge in [0.15, 0.2) is 5.25 Å². The van der Waals surface area contributed by atoms with Crippen LogP contribution in [-0.2, 0) is 19.6 Å². The van der Waals surface area contributed by atoms with Gasteiger partial charge < -0.3 is 4.74 Å². The van der Waals surface area contributed by atoms with Crippen molar-refractivity contribution in [2.24, 2.45) is 0 Å². The van der Waals surface area contributed by atoms with Crippen LogP contribution in [0.4, 0.5) is 0 Å². The minimum Gasteiger partial charge on any atom is -0.468 e. The number of carbonyl (C=O) groups excluding carboxylic acids is 1. The Hall–Kier alpha value is -1.06. The highest BCUT2D eigenvalue weighted by atomic mass is 32.2. The van der Waals surface area contributed by atoms with Gasteiger partial charge in [-0.25, -0.2) is 8.42 Å². The van der Waals surface area contributed by atoms with E-state index in [1.807, 2.05) is 0 Å². The summed E-state index contributed by atoms with van der Waals surface area (Å²) in [4.78, 5) is 11.0. The number of sulfonamides is 1. The van der Waals surface area contributed by atoms with E-state index < -0.39 is 21.2 Å². The summed E-state index contributed by atoms with van der Waals surface area (Å²) in [6.07, 6.45) is 4.96. The van der Waals surface area contributed by atoms with Crippen LogP contribution in [0.5, 0.6) is 0 Å². The Balaban J connectivity index is 4.80. The lowest BCUT2D eigenvalue weighted by Crippen LogP contribution is -2.39. The summed E-state index contributed by atoms with van der Waals surface area (Å²) in [6.45, 7) is 1.19. The summed E-state index contributed by atoms with van der Waals surface area (Å²) in [5.74, 6) is 1.38. The number of carbonyl (C=O) groups is 1. The number of ether oxygens (including phenoxy) is 1. The van der Waals surface area contributed by atoms with Gasteiger partial charge in [0.05, 0.1) is 13.7 Å². The van der Waals surface area contributed by atoms with E-state index in [1.165, 1.54) is 14.0 Å². The predicted octanol–water partition coefficient (Wildman–Crippen LogP) is -0.557. The molecule has 0 spiro atoms. The number of hydrogen-bond donors (Lipinski definition) is 0. The zero-order valence-electron chi connectivity index (χ0n) is 8.35. The monoisotopic (exact) mass is 219 g/mol. The third-order valence-electron chi connectivity index (χ3n) is 1.73. The lowest BCUT2D eigenvalue weighted by molar-refractivity contribution is -0.139. The molecule has 1 atom stereocenters. The molecule has 0 N–H and O–H groups in total. The Morgan fingerprint density at radius 3 is 2.50 bits per heavy atom. The van der Waals surface area contributed by atoms with Gasteiger partial charge in [-0.1, -0.05) is 5.92 Å². The Bertz CT molecular complexity index is 341. The largest absolute Gasteiger partial charge is 0.468 e. The van der Waals surface area contributed by atoms with E-state index in [4.69, 9.17) is 6.42 Å². The molecule has 80 valence electrons. The van der Waals surface area contributed by atoms with Crippen molar-refractivity contribution in [1.29, 1.82) is 0 Å². The van der Waals surface area contributed by atoms with Gasteiger partial charge in [0.25, 0.3) is 0 Å². The van der Waals surface area contributed by atoms with Gasteiger partial charge in [0.2, 0.25) is 10.0 Å². The first-order chi connectivity index (χ1) is 6.37. The summed E-state index contributed by atoms with van der Waals surface area (Å²) in [5.41, 5.74) is 0. The van der Waals surface area contributed by atoms with Crippen LogP contribution in [0, 0.1) is 12.3 Å². The molecule has 0 fully saturated rings. The molecule has 0 saturated heterocycles. The fraction of sp³-hybridized carbons (Fsp3) is 0.625. The van der Waals surface area contributed by atoms with Gasteiger partial charge in [-0.15, -0.1) is 6.42 Å². The maximum atomic E-state index is 11.6. The summed E-state index contributed by atoms with van der Waals surface area (Å²) < 4.78 is 28.4. The maximum Gasteiger partial charge on any atom is 0.325 e. The zero-order valence-corrected chi connectivity index (χ0v) is 9.17. The molecule has 0 aliphatic heterocycles. The molecule has 0 amide bonds. The van der Waals surface area contributed by atoms with Gasteiger partial charge in [-0.05, 0) is 6.92 Å². The van der Waals surface area contributed by atoms with Gasteiger partial charge >= 0.3 is 5.97 Å². The highest BCUT2D eigenvalue weighted by Gasteiger charge is 2.32. The van der Waals surface area contributed by atoms with Crippen molar-refractivity contribution in [1.82, 2.24) is 4.31 Å². The van der Waals surface area contributed by atoms with E-state index in [2.05, 4.69) is 10.7 Å². The summed E-state index contributed by atoms with van der Waals surface area (Å²) in [6, 6.07) is 0. The van der Waals surface area contributed by atoms with Gasteiger partial charge in [0.1, 0.15) is 0 Å². The first kappa shape index (κ1) is 12.9. The molecular formula is C8H13NO4S. The number of esters is 1. The first-order valence-corrected chi connectivity index (χ1v) is 5.34. The number of rotatable bonds is 4. The number of terminal acetylenes is 1. The fourth-order valence-corrected chi connectivity index (χ4v) is 1.91. The van der Waals surface area contributed by atoms with E-state index in [1.54, 1.807) is 0 Å². The van der Waals surface area contributed by atoms with Crippen molar-refractivity contribution in [3.05, 3.63) is 0 Å². The Morgan fingerprint density at radius 1 is 1.64 bits per heavy atom. The van der Waals surface area contributed by atoms with Crippen LogP contribution >= 0.6 is 0 Å². The minimum atomic E-state index is -3.70.